The van der Waals surface area contributed by atoms with Crippen molar-refractivity contribution >= 4 is 50.1 Å². The maximum absolute atomic E-state index is 14.1. The fourth-order valence-corrected chi connectivity index (χ4v) is 7.43. The molecule has 37 heavy (non-hydrogen) atoms. The van der Waals surface area contributed by atoms with Crippen molar-refractivity contribution in [2.45, 2.75) is 62.2 Å². The molecule has 0 aromatic heterocycles. The molecule has 3 saturated heterocycles. The molecule has 3 aliphatic rings. The molecule has 3 N–H and O–H groups in total. The fraction of sp³-hybridized carbons (Fsp3) is 0.536. The molecule has 5 rings (SSSR count). The van der Waals surface area contributed by atoms with Gasteiger partial charge >= 0.3 is 0 Å². The number of amides is 3. The van der Waals surface area contributed by atoms with Gasteiger partial charge in [-0.3, -0.25) is 14.4 Å². The van der Waals surface area contributed by atoms with Crippen molar-refractivity contribution in [3.8, 4) is 0 Å². The third-order valence-electron chi connectivity index (χ3n) is 8.16. The number of likely N-dealkylation sites (tertiary alicyclic amines) is 1. The molecule has 3 unspecified atom stereocenters. The second-order valence-corrected chi connectivity index (χ2v) is 11.9. The molecule has 1 spiro atoms. The number of fused-ring (bicyclic) bond motifs is 2. The first-order valence-electron chi connectivity index (χ1n) is 13.1. The number of rotatable bonds is 8. The minimum absolute atomic E-state index is 0.107. The quantitative estimate of drug-likeness (QED) is 0.422. The number of aliphatic hydroxyl groups excluding tert-OH is 1. The number of carbonyl (C=O) groups is 3. The van der Waals surface area contributed by atoms with Gasteiger partial charge in [0.25, 0.3) is 0 Å². The van der Waals surface area contributed by atoms with Crippen LogP contribution in [0.2, 0.25) is 0 Å². The van der Waals surface area contributed by atoms with Crippen LogP contribution in [0.5, 0.6) is 0 Å². The molecule has 0 aliphatic carbocycles. The van der Waals surface area contributed by atoms with Gasteiger partial charge in [-0.25, -0.2) is 0 Å². The number of aliphatic hydroxyl groups is 1. The van der Waals surface area contributed by atoms with Crippen LogP contribution in [0.4, 0.5) is 5.69 Å². The van der Waals surface area contributed by atoms with Crippen molar-refractivity contribution < 1.29 is 24.2 Å². The van der Waals surface area contributed by atoms with E-state index in [1.54, 1.807) is 0 Å². The number of hydrogen-bond donors (Lipinski definition) is 3. The van der Waals surface area contributed by atoms with Crippen LogP contribution >= 0.6 is 15.9 Å². The van der Waals surface area contributed by atoms with Gasteiger partial charge in [0, 0.05) is 17.1 Å². The van der Waals surface area contributed by atoms with E-state index in [0.717, 1.165) is 17.2 Å². The Balaban J connectivity index is 1.54. The minimum atomic E-state index is -1.16. The summed E-state index contributed by atoms with van der Waals surface area (Å²) >= 11 is 3.68. The lowest BCUT2D eigenvalue weighted by atomic mass is 9.70. The summed E-state index contributed by atoms with van der Waals surface area (Å²) in [6.07, 6.45) is 0.693. The number of nitrogens with zero attached hydrogens (tertiary/aromatic N) is 1. The van der Waals surface area contributed by atoms with Crippen molar-refractivity contribution in [2.75, 3.05) is 18.5 Å². The van der Waals surface area contributed by atoms with E-state index in [-0.39, 0.29) is 35.1 Å². The first-order valence-corrected chi connectivity index (χ1v) is 14.0. The highest BCUT2D eigenvalue weighted by atomic mass is 79.9. The summed E-state index contributed by atoms with van der Waals surface area (Å²) < 4.78 is 6.51. The van der Waals surface area contributed by atoms with Crippen molar-refractivity contribution in [3.05, 3.63) is 42.5 Å². The minimum Gasteiger partial charge on any atom is -0.394 e. The van der Waals surface area contributed by atoms with E-state index in [1.807, 2.05) is 63.2 Å². The molecule has 3 fully saturated rings. The van der Waals surface area contributed by atoms with Crippen LogP contribution in [0.15, 0.2) is 42.5 Å². The lowest BCUT2D eigenvalue weighted by Crippen LogP contribution is -2.57. The smallest absolute Gasteiger partial charge is 0.250 e. The van der Waals surface area contributed by atoms with Crippen molar-refractivity contribution in [1.82, 2.24) is 10.2 Å². The summed E-state index contributed by atoms with van der Waals surface area (Å²) in [6, 6.07) is 12.0. The largest absolute Gasteiger partial charge is 0.394 e. The lowest BCUT2D eigenvalue weighted by molar-refractivity contribution is -0.145. The summed E-state index contributed by atoms with van der Waals surface area (Å²) in [7, 11) is 0. The Hall–Kier alpha value is -2.49. The van der Waals surface area contributed by atoms with Crippen LogP contribution in [-0.2, 0) is 19.1 Å². The Kier molecular flexibility index (Phi) is 7.06. The number of carbonyl (C=O) groups excluding carboxylic acids is 3. The van der Waals surface area contributed by atoms with Gasteiger partial charge in [0.2, 0.25) is 17.7 Å². The summed E-state index contributed by atoms with van der Waals surface area (Å²) in [5.41, 5.74) is -0.547. The van der Waals surface area contributed by atoms with Crippen molar-refractivity contribution in [3.63, 3.8) is 0 Å². The second-order valence-electron chi connectivity index (χ2n) is 10.7. The van der Waals surface area contributed by atoms with Gasteiger partial charge in [-0.05, 0) is 41.7 Å². The van der Waals surface area contributed by atoms with Gasteiger partial charge < -0.3 is 25.4 Å². The average Bonchev–Trinajstić information content (AvgIpc) is 3.46. The van der Waals surface area contributed by atoms with Gasteiger partial charge in [0.1, 0.15) is 11.6 Å². The normalized spacial score (nSPS) is 31.1. The van der Waals surface area contributed by atoms with E-state index in [1.165, 1.54) is 4.90 Å². The van der Waals surface area contributed by atoms with E-state index >= 15 is 0 Å². The molecule has 3 aliphatic heterocycles. The summed E-state index contributed by atoms with van der Waals surface area (Å²) in [5.74, 6) is -2.50. The zero-order chi connectivity index (χ0) is 26.5. The number of alkyl halides is 1. The summed E-state index contributed by atoms with van der Waals surface area (Å²) in [6.45, 7) is 6.00. The predicted octanol–water partition coefficient (Wildman–Crippen LogP) is 3.07. The zero-order valence-electron chi connectivity index (χ0n) is 21.3. The molecular weight excluding hydrogens is 538 g/mol. The monoisotopic (exact) mass is 571 g/mol. The summed E-state index contributed by atoms with van der Waals surface area (Å²) in [5, 5.41) is 18.3. The number of anilines is 1. The third-order valence-corrected chi connectivity index (χ3v) is 9.00. The highest BCUT2D eigenvalue weighted by Gasteiger charge is 2.77. The molecular formula is C28H34BrN3O5. The van der Waals surface area contributed by atoms with Crippen molar-refractivity contribution in [1.29, 1.82) is 0 Å². The fourth-order valence-electron chi connectivity index (χ4n) is 6.49. The number of benzene rings is 2. The first-order chi connectivity index (χ1) is 17.7. The number of ether oxygens (including phenoxy) is 1. The summed E-state index contributed by atoms with van der Waals surface area (Å²) in [4.78, 5) is 42.7. The van der Waals surface area contributed by atoms with Gasteiger partial charge in [-0.2, -0.15) is 0 Å². The molecule has 2 aromatic rings. The van der Waals surface area contributed by atoms with E-state index in [0.29, 0.717) is 18.7 Å². The van der Waals surface area contributed by atoms with Crippen LogP contribution in [0.3, 0.4) is 0 Å². The Morgan fingerprint density at radius 2 is 1.92 bits per heavy atom. The number of nitrogens with one attached hydrogen (secondary N) is 2. The Morgan fingerprint density at radius 1 is 1.19 bits per heavy atom. The molecule has 0 radical (unpaired) electrons. The maximum atomic E-state index is 14.1. The van der Waals surface area contributed by atoms with Crippen LogP contribution < -0.4 is 10.6 Å². The third kappa shape index (κ3) is 4.15. The molecule has 9 heteroatoms. The topological polar surface area (TPSA) is 108 Å². The van der Waals surface area contributed by atoms with E-state index in [9.17, 15) is 19.5 Å². The van der Waals surface area contributed by atoms with Crippen LogP contribution in [-0.4, -0.2) is 69.5 Å². The molecule has 2 bridgehead atoms. The Bertz CT molecular complexity index is 1220. The molecule has 7 atom stereocenters. The molecule has 0 saturated carbocycles. The van der Waals surface area contributed by atoms with Gasteiger partial charge in [0.15, 0.2) is 0 Å². The van der Waals surface area contributed by atoms with Gasteiger partial charge in [0.05, 0.1) is 30.6 Å². The molecule has 2 aromatic carbocycles. The van der Waals surface area contributed by atoms with Crippen LogP contribution in [0, 0.1) is 17.8 Å². The van der Waals surface area contributed by atoms with E-state index in [4.69, 9.17) is 4.74 Å². The van der Waals surface area contributed by atoms with Crippen LogP contribution in [0.25, 0.3) is 10.8 Å². The molecule has 3 heterocycles. The Morgan fingerprint density at radius 3 is 2.59 bits per heavy atom. The Labute approximate surface area is 225 Å². The standard InChI is InChI=1S/C28H34BrN3O5/c1-4-11-30-25(34)21-22-27(36)32(20(14-33)15(2)3)24(28(22)13-19(29)23(21)37-28)26(35)31-18-10-9-16-7-5-6-8-17(16)12-18/h5-10,12,15,19-24,33H,4,11,13-14H2,1-3H3,(H,30,34)(H,31,35)/t19?,20-,21-,22-,23-,24?,28?/m0/s1. The number of halogens is 1. The lowest BCUT2D eigenvalue weighted by Gasteiger charge is -2.38. The second kappa shape index (κ2) is 10.0. The predicted molar refractivity (Wildman–Crippen MR) is 144 cm³/mol. The van der Waals surface area contributed by atoms with E-state index < -0.39 is 35.6 Å². The van der Waals surface area contributed by atoms with Gasteiger partial charge in [-0.1, -0.05) is 67.0 Å². The highest BCUT2D eigenvalue weighted by Crippen LogP contribution is 2.60. The molecule has 198 valence electrons. The van der Waals surface area contributed by atoms with Gasteiger partial charge in [-0.15, -0.1) is 0 Å². The maximum Gasteiger partial charge on any atom is 0.250 e. The van der Waals surface area contributed by atoms with Crippen molar-refractivity contribution in [2.24, 2.45) is 17.8 Å². The number of hydrogen-bond acceptors (Lipinski definition) is 5. The van der Waals surface area contributed by atoms with Crippen LogP contribution in [0.1, 0.15) is 33.6 Å². The first kappa shape index (κ1) is 26.1. The highest BCUT2D eigenvalue weighted by molar-refractivity contribution is 9.09. The molecule has 3 amide bonds. The average molecular weight is 573 g/mol. The van der Waals surface area contributed by atoms with E-state index in [2.05, 4.69) is 26.6 Å². The SMILES string of the molecule is CCCNC(=O)[C@H]1[C@H]2C(=O)N([C@@H](CO)C(C)C)C(C(=O)Nc3ccc4ccccc4c3)C23CC(Br)[C@@H]1O3. The zero-order valence-corrected chi connectivity index (χ0v) is 22.9. The molecule has 8 nitrogen and oxygen atoms in total.